The smallest absolute Gasteiger partial charge is 0.303 e. The Kier molecular flexibility index (Phi) is 20.5. The van der Waals surface area contributed by atoms with Gasteiger partial charge in [-0.15, -0.1) is 0 Å². The fraction of sp³-hybridized carbons (Fsp3) is 1.00. The van der Waals surface area contributed by atoms with Crippen molar-refractivity contribution in [3.8, 4) is 0 Å². The fourth-order valence-electron chi connectivity index (χ4n) is 3.80. The van der Waals surface area contributed by atoms with Gasteiger partial charge < -0.3 is 9.79 Å². The standard InChI is InChI=1S/C23H49O4P/c1-3-4-5-6-7-8-9-10-11-12-13-14-15-16-17-18-19-20-21-22-23(2)27-28(24,25)26/h23H,3-22H2,1-2H3,(H2,24,25,26). The number of unbranched alkanes of at least 4 members (excludes halogenated alkanes) is 18. The van der Waals surface area contributed by atoms with Gasteiger partial charge >= 0.3 is 7.82 Å². The quantitative estimate of drug-likeness (QED) is 0.136. The molecule has 0 aliphatic carbocycles. The van der Waals surface area contributed by atoms with E-state index in [1.54, 1.807) is 6.92 Å². The zero-order chi connectivity index (χ0) is 20.9. The van der Waals surface area contributed by atoms with Gasteiger partial charge in [-0.05, 0) is 13.3 Å². The van der Waals surface area contributed by atoms with E-state index in [9.17, 15) is 4.57 Å². The van der Waals surface area contributed by atoms with Crippen molar-refractivity contribution in [1.29, 1.82) is 0 Å². The Bertz CT molecular complexity index is 357. The summed E-state index contributed by atoms with van der Waals surface area (Å²) in [5, 5.41) is 0. The van der Waals surface area contributed by atoms with Crippen LogP contribution in [0.1, 0.15) is 142 Å². The molecule has 0 bridgehead atoms. The molecular formula is C23H49O4P. The minimum Gasteiger partial charge on any atom is -0.303 e. The molecule has 170 valence electrons. The number of hydrogen-bond acceptors (Lipinski definition) is 2. The first-order chi connectivity index (χ1) is 13.5. The zero-order valence-electron chi connectivity index (χ0n) is 18.9. The molecule has 5 heteroatoms. The van der Waals surface area contributed by atoms with Crippen molar-refractivity contribution in [2.75, 3.05) is 0 Å². The van der Waals surface area contributed by atoms with E-state index in [-0.39, 0.29) is 6.10 Å². The van der Waals surface area contributed by atoms with Gasteiger partial charge in [-0.25, -0.2) is 4.57 Å². The van der Waals surface area contributed by atoms with Gasteiger partial charge in [-0.2, -0.15) is 0 Å². The minimum atomic E-state index is -4.32. The highest BCUT2D eigenvalue weighted by atomic mass is 31.2. The molecule has 0 aromatic carbocycles. The number of phosphoric acid groups is 1. The summed E-state index contributed by atoms with van der Waals surface area (Å²) in [6.45, 7) is 4.01. The Morgan fingerprint density at radius 3 is 1.18 bits per heavy atom. The predicted molar refractivity (Wildman–Crippen MR) is 121 cm³/mol. The lowest BCUT2D eigenvalue weighted by Gasteiger charge is -2.13. The summed E-state index contributed by atoms with van der Waals surface area (Å²) < 4.78 is 15.4. The molecule has 0 radical (unpaired) electrons. The molecule has 1 atom stereocenters. The van der Waals surface area contributed by atoms with Gasteiger partial charge in [0, 0.05) is 0 Å². The first-order valence-electron chi connectivity index (χ1n) is 12.2. The SMILES string of the molecule is CCCCCCCCCCCCCCCCCCCCCC(C)OP(=O)(O)O. The van der Waals surface area contributed by atoms with Gasteiger partial charge in [-0.1, -0.05) is 129 Å². The van der Waals surface area contributed by atoms with Crippen LogP contribution in [-0.4, -0.2) is 15.9 Å². The molecular weight excluding hydrogens is 371 g/mol. The third-order valence-corrected chi connectivity index (χ3v) is 6.17. The van der Waals surface area contributed by atoms with Gasteiger partial charge in [0.05, 0.1) is 6.10 Å². The molecule has 0 saturated carbocycles. The lowest BCUT2D eigenvalue weighted by atomic mass is 10.0. The highest BCUT2D eigenvalue weighted by Gasteiger charge is 2.18. The van der Waals surface area contributed by atoms with Crippen LogP contribution in [0.25, 0.3) is 0 Å². The van der Waals surface area contributed by atoms with Crippen molar-refractivity contribution in [1.82, 2.24) is 0 Å². The first-order valence-corrected chi connectivity index (χ1v) is 13.7. The Morgan fingerprint density at radius 2 is 0.893 bits per heavy atom. The molecule has 2 N–H and O–H groups in total. The van der Waals surface area contributed by atoms with Gasteiger partial charge in [0.15, 0.2) is 0 Å². The van der Waals surface area contributed by atoms with Crippen molar-refractivity contribution in [3.63, 3.8) is 0 Å². The largest absolute Gasteiger partial charge is 0.469 e. The van der Waals surface area contributed by atoms with Crippen LogP contribution < -0.4 is 0 Å². The number of rotatable bonds is 22. The van der Waals surface area contributed by atoms with Crippen molar-refractivity contribution >= 4 is 7.82 Å². The lowest BCUT2D eigenvalue weighted by Crippen LogP contribution is -2.05. The maximum absolute atomic E-state index is 10.7. The van der Waals surface area contributed by atoms with Crippen LogP contribution in [0.2, 0.25) is 0 Å². The van der Waals surface area contributed by atoms with E-state index in [4.69, 9.17) is 9.79 Å². The van der Waals surface area contributed by atoms with E-state index in [1.165, 1.54) is 109 Å². The minimum absolute atomic E-state index is 0.355. The van der Waals surface area contributed by atoms with E-state index in [0.29, 0.717) is 0 Å². The molecule has 0 aromatic rings. The van der Waals surface area contributed by atoms with Crippen LogP contribution in [-0.2, 0) is 9.09 Å². The maximum atomic E-state index is 10.7. The average Bonchev–Trinajstić information content (AvgIpc) is 2.62. The van der Waals surface area contributed by atoms with Crippen molar-refractivity contribution in [2.45, 2.75) is 148 Å². The van der Waals surface area contributed by atoms with E-state index in [0.717, 1.165) is 19.3 Å². The van der Waals surface area contributed by atoms with Crippen LogP contribution in [0.4, 0.5) is 0 Å². The van der Waals surface area contributed by atoms with Crippen LogP contribution in [0.3, 0.4) is 0 Å². The molecule has 0 fully saturated rings. The molecule has 0 heterocycles. The topological polar surface area (TPSA) is 66.8 Å². The summed E-state index contributed by atoms with van der Waals surface area (Å²) in [4.78, 5) is 17.5. The molecule has 28 heavy (non-hydrogen) atoms. The Labute approximate surface area is 175 Å². The molecule has 0 aliphatic heterocycles. The monoisotopic (exact) mass is 420 g/mol. The zero-order valence-corrected chi connectivity index (χ0v) is 19.8. The fourth-order valence-corrected chi connectivity index (χ4v) is 4.37. The van der Waals surface area contributed by atoms with Gasteiger partial charge in [0.1, 0.15) is 0 Å². The first kappa shape index (κ1) is 28.1. The third-order valence-electron chi connectivity index (χ3n) is 5.53. The van der Waals surface area contributed by atoms with E-state index in [1.807, 2.05) is 0 Å². The summed E-state index contributed by atoms with van der Waals surface area (Å²) in [7, 11) is -4.32. The van der Waals surface area contributed by atoms with Gasteiger partial charge in [0.2, 0.25) is 0 Å². The van der Waals surface area contributed by atoms with E-state index < -0.39 is 7.82 Å². The van der Waals surface area contributed by atoms with Crippen molar-refractivity contribution < 1.29 is 18.9 Å². The summed E-state index contributed by atoms with van der Waals surface area (Å²) >= 11 is 0. The molecule has 1 unspecified atom stereocenters. The Hall–Kier alpha value is 0.110. The van der Waals surface area contributed by atoms with E-state index >= 15 is 0 Å². The normalized spacial score (nSPS) is 13.1. The molecule has 0 amide bonds. The van der Waals surface area contributed by atoms with Gasteiger partial charge in [-0.3, -0.25) is 4.52 Å². The Balaban J connectivity index is 3.11. The number of phosphoric ester groups is 1. The van der Waals surface area contributed by atoms with Crippen LogP contribution in [0, 0.1) is 0 Å². The summed E-state index contributed by atoms with van der Waals surface area (Å²) in [6, 6.07) is 0. The van der Waals surface area contributed by atoms with Crippen molar-refractivity contribution in [3.05, 3.63) is 0 Å². The van der Waals surface area contributed by atoms with Crippen LogP contribution >= 0.6 is 7.82 Å². The highest BCUT2D eigenvalue weighted by Crippen LogP contribution is 2.38. The maximum Gasteiger partial charge on any atom is 0.469 e. The molecule has 0 aromatic heterocycles. The molecule has 0 rings (SSSR count). The predicted octanol–water partition coefficient (Wildman–Crippen LogP) is 8.31. The van der Waals surface area contributed by atoms with Crippen LogP contribution in [0.5, 0.6) is 0 Å². The van der Waals surface area contributed by atoms with Gasteiger partial charge in [0.25, 0.3) is 0 Å². The van der Waals surface area contributed by atoms with Crippen LogP contribution in [0.15, 0.2) is 0 Å². The average molecular weight is 421 g/mol. The van der Waals surface area contributed by atoms with Crippen molar-refractivity contribution in [2.24, 2.45) is 0 Å². The summed E-state index contributed by atoms with van der Waals surface area (Å²) in [5.74, 6) is 0. The second kappa shape index (κ2) is 20.4. The molecule has 0 spiro atoms. The summed E-state index contributed by atoms with van der Waals surface area (Å²) in [6.07, 6.45) is 26.1. The highest BCUT2D eigenvalue weighted by molar-refractivity contribution is 7.46. The lowest BCUT2D eigenvalue weighted by molar-refractivity contribution is 0.136. The number of hydrogen-bond donors (Lipinski definition) is 2. The molecule has 4 nitrogen and oxygen atoms in total. The molecule has 0 aliphatic rings. The Morgan fingerprint density at radius 1 is 0.607 bits per heavy atom. The summed E-state index contributed by atoms with van der Waals surface area (Å²) in [5.41, 5.74) is 0. The second-order valence-electron chi connectivity index (χ2n) is 8.56. The third kappa shape index (κ3) is 24.1. The van der Waals surface area contributed by atoms with E-state index in [2.05, 4.69) is 11.4 Å². The second-order valence-corrected chi connectivity index (χ2v) is 9.75. The molecule has 0 saturated heterocycles.